The average Bonchev–Trinajstić information content (AvgIpc) is 3.32. The smallest absolute Gasteiger partial charge is 0.272 e. The van der Waals surface area contributed by atoms with Crippen molar-refractivity contribution in [2.45, 2.75) is 18.4 Å². The molecule has 1 fully saturated rings. The first kappa shape index (κ1) is 15.2. The van der Waals surface area contributed by atoms with Crippen molar-refractivity contribution >= 4 is 11.6 Å². The summed E-state index contributed by atoms with van der Waals surface area (Å²) in [7, 11) is 1.80. The highest BCUT2D eigenvalue weighted by Gasteiger charge is 2.42. The number of carbonyl (C=O) groups excluding carboxylic acids is 1. The van der Waals surface area contributed by atoms with Gasteiger partial charge in [-0.15, -0.1) is 0 Å². The molecule has 3 aromatic rings. The van der Waals surface area contributed by atoms with Crippen LogP contribution in [-0.2, 0) is 12.6 Å². The maximum atomic E-state index is 12.8. The molecule has 1 N–H and O–H groups in total. The van der Waals surface area contributed by atoms with Gasteiger partial charge in [-0.3, -0.25) is 9.48 Å². The van der Waals surface area contributed by atoms with Gasteiger partial charge in [-0.2, -0.15) is 5.10 Å². The second-order valence-electron chi connectivity index (χ2n) is 6.98. The van der Waals surface area contributed by atoms with Crippen molar-refractivity contribution < 1.29 is 4.79 Å². The summed E-state index contributed by atoms with van der Waals surface area (Å²) in [6, 6.07) is 10.0. The van der Waals surface area contributed by atoms with Gasteiger partial charge in [-0.05, 0) is 43.2 Å². The molecule has 5 rings (SSSR count). The van der Waals surface area contributed by atoms with Gasteiger partial charge in [0.15, 0.2) is 5.82 Å². The van der Waals surface area contributed by atoms with Gasteiger partial charge in [0.2, 0.25) is 0 Å². The van der Waals surface area contributed by atoms with Gasteiger partial charge in [-0.1, -0.05) is 0 Å². The van der Waals surface area contributed by atoms with E-state index in [2.05, 4.69) is 44.4 Å². The predicted molar refractivity (Wildman–Crippen MR) is 97.2 cm³/mol. The number of hydrogen-bond donors (Lipinski definition) is 1. The Morgan fingerprint density at radius 3 is 2.77 bits per heavy atom. The molecule has 26 heavy (non-hydrogen) atoms. The van der Waals surface area contributed by atoms with Crippen molar-refractivity contribution in [3.8, 4) is 5.82 Å². The first-order valence-corrected chi connectivity index (χ1v) is 8.87. The number of aryl methyl sites for hydroxylation is 1. The van der Waals surface area contributed by atoms with Gasteiger partial charge in [0.25, 0.3) is 5.91 Å². The highest BCUT2D eigenvalue weighted by molar-refractivity contribution is 5.92. The minimum atomic E-state index is -0.164. The molecule has 2 aliphatic heterocycles. The maximum Gasteiger partial charge on any atom is 0.272 e. The Balaban J connectivity index is 1.43. The summed E-state index contributed by atoms with van der Waals surface area (Å²) in [6.07, 6.45) is 7.26. The SMILES string of the molecule is Cn1nccc1C(=O)N1CCC2(CC1)Nc1cccnc1-n1cccc12. The Morgan fingerprint density at radius 2 is 2.00 bits per heavy atom. The van der Waals surface area contributed by atoms with Crippen LogP contribution in [0.15, 0.2) is 48.9 Å². The molecule has 0 bridgehead atoms. The highest BCUT2D eigenvalue weighted by Crippen LogP contribution is 2.42. The third-order valence-electron chi connectivity index (χ3n) is 5.57. The average molecular weight is 348 g/mol. The zero-order valence-corrected chi connectivity index (χ0v) is 14.6. The Morgan fingerprint density at radius 1 is 1.15 bits per heavy atom. The zero-order chi connectivity index (χ0) is 17.7. The number of nitrogens with one attached hydrogen (secondary N) is 1. The number of amides is 1. The normalized spacial score (nSPS) is 17.5. The Hall–Kier alpha value is -3.09. The number of rotatable bonds is 1. The number of anilines is 1. The van der Waals surface area contributed by atoms with E-state index in [0.717, 1.165) is 24.3 Å². The Bertz CT molecular complexity index is 979. The number of piperidine rings is 1. The van der Waals surface area contributed by atoms with Crippen molar-refractivity contribution in [1.29, 1.82) is 0 Å². The minimum Gasteiger partial charge on any atom is -0.371 e. The maximum absolute atomic E-state index is 12.8. The number of nitrogens with zero attached hydrogens (tertiary/aromatic N) is 5. The van der Waals surface area contributed by atoms with E-state index in [-0.39, 0.29) is 11.4 Å². The first-order chi connectivity index (χ1) is 12.7. The number of pyridine rings is 1. The summed E-state index contributed by atoms with van der Waals surface area (Å²) >= 11 is 0. The third kappa shape index (κ3) is 2.09. The standard InChI is InChI=1S/C19H20N6O/c1-23-15(6-10-21-23)18(26)24-12-7-19(8-13-24)16-5-3-11-25(16)17-14(22-19)4-2-9-20-17/h2-6,9-11,22H,7-8,12-13H2,1H3. The molecule has 0 radical (unpaired) electrons. The van der Waals surface area contributed by atoms with Crippen LogP contribution in [0.5, 0.6) is 0 Å². The number of hydrogen-bond acceptors (Lipinski definition) is 4. The van der Waals surface area contributed by atoms with Crippen molar-refractivity contribution in [2.75, 3.05) is 18.4 Å². The largest absolute Gasteiger partial charge is 0.371 e. The monoisotopic (exact) mass is 348 g/mol. The lowest BCUT2D eigenvalue weighted by atomic mass is 9.82. The van der Waals surface area contributed by atoms with Gasteiger partial charge in [0.1, 0.15) is 5.69 Å². The molecule has 7 nitrogen and oxygen atoms in total. The van der Waals surface area contributed by atoms with E-state index in [9.17, 15) is 4.79 Å². The minimum absolute atomic E-state index is 0.0492. The summed E-state index contributed by atoms with van der Waals surface area (Å²) in [4.78, 5) is 19.2. The van der Waals surface area contributed by atoms with Crippen molar-refractivity contribution in [2.24, 2.45) is 7.05 Å². The molecule has 0 atom stereocenters. The molecule has 3 aromatic heterocycles. The summed E-state index contributed by atoms with van der Waals surface area (Å²) in [6.45, 7) is 1.41. The molecule has 2 aliphatic rings. The third-order valence-corrected chi connectivity index (χ3v) is 5.57. The van der Waals surface area contributed by atoms with Crippen LogP contribution in [0.2, 0.25) is 0 Å². The van der Waals surface area contributed by atoms with Crippen LogP contribution in [0.4, 0.5) is 5.69 Å². The van der Waals surface area contributed by atoms with Gasteiger partial charge in [-0.25, -0.2) is 4.98 Å². The number of aromatic nitrogens is 4. The van der Waals surface area contributed by atoms with Crippen LogP contribution in [0.25, 0.3) is 5.82 Å². The number of likely N-dealkylation sites (tertiary alicyclic amines) is 1. The molecule has 1 amide bonds. The molecule has 0 saturated carbocycles. The predicted octanol–water partition coefficient (Wildman–Crippen LogP) is 2.16. The number of fused-ring (bicyclic) bond motifs is 4. The van der Waals surface area contributed by atoms with Crippen molar-refractivity contribution in [3.05, 3.63) is 60.3 Å². The topological polar surface area (TPSA) is 68.0 Å². The Labute approximate surface area is 151 Å². The summed E-state index contributed by atoms with van der Waals surface area (Å²) in [5.41, 5.74) is 2.73. The van der Waals surface area contributed by atoms with Crippen LogP contribution in [-0.4, -0.2) is 43.2 Å². The van der Waals surface area contributed by atoms with Crippen LogP contribution in [0.3, 0.4) is 0 Å². The fourth-order valence-corrected chi connectivity index (χ4v) is 4.18. The van der Waals surface area contributed by atoms with E-state index in [1.165, 1.54) is 5.69 Å². The zero-order valence-electron chi connectivity index (χ0n) is 14.6. The highest BCUT2D eigenvalue weighted by atomic mass is 16.2. The quantitative estimate of drug-likeness (QED) is 0.732. The summed E-state index contributed by atoms with van der Waals surface area (Å²) in [5, 5.41) is 7.83. The molecule has 0 aromatic carbocycles. The van der Waals surface area contributed by atoms with Gasteiger partial charge in [0.05, 0.1) is 11.2 Å². The molecule has 1 saturated heterocycles. The number of carbonyl (C=O) groups is 1. The molecular formula is C19H20N6O. The van der Waals surface area contributed by atoms with Crippen LogP contribution in [0.1, 0.15) is 29.0 Å². The first-order valence-electron chi connectivity index (χ1n) is 8.87. The van der Waals surface area contributed by atoms with Gasteiger partial charge < -0.3 is 14.8 Å². The lowest BCUT2D eigenvalue weighted by Crippen LogP contribution is -2.51. The van der Waals surface area contributed by atoms with Gasteiger partial charge in [0, 0.05) is 44.4 Å². The van der Waals surface area contributed by atoms with Gasteiger partial charge >= 0.3 is 0 Å². The molecule has 1 spiro atoms. The Kier molecular flexibility index (Phi) is 3.19. The van der Waals surface area contributed by atoms with Crippen LogP contribution in [0, 0.1) is 0 Å². The second-order valence-corrected chi connectivity index (χ2v) is 6.98. The fourth-order valence-electron chi connectivity index (χ4n) is 4.18. The van der Waals surface area contributed by atoms with Crippen molar-refractivity contribution in [1.82, 2.24) is 24.2 Å². The fraction of sp³-hybridized carbons (Fsp3) is 0.316. The van der Waals surface area contributed by atoms with Crippen molar-refractivity contribution in [3.63, 3.8) is 0 Å². The lowest BCUT2D eigenvalue weighted by molar-refractivity contribution is 0.0665. The lowest BCUT2D eigenvalue weighted by Gasteiger charge is -2.45. The van der Waals surface area contributed by atoms with E-state index in [4.69, 9.17) is 0 Å². The molecule has 0 unspecified atom stereocenters. The van der Waals surface area contributed by atoms with E-state index in [1.54, 1.807) is 24.0 Å². The van der Waals surface area contributed by atoms with E-state index >= 15 is 0 Å². The molecular weight excluding hydrogens is 328 g/mol. The van der Waals surface area contributed by atoms with E-state index in [1.807, 2.05) is 17.2 Å². The van der Waals surface area contributed by atoms with Crippen LogP contribution >= 0.6 is 0 Å². The van der Waals surface area contributed by atoms with E-state index < -0.39 is 0 Å². The summed E-state index contributed by atoms with van der Waals surface area (Å²) < 4.78 is 3.81. The summed E-state index contributed by atoms with van der Waals surface area (Å²) in [5.74, 6) is 0.986. The van der Waals surface area contributed by atoms with Crippen LogP contribution < -0.4 is 5.32 Å². The van der Waals surface area contributed by atoms with E-state index in [0.29, 0.717) is 18.8 Å². The molecule has 7 heteroatoms. The second kappa shape index (κ2) is 5.45. The molecule has 5 heterocycles. The molecule has 0 aliphatic carbocycles. The molecule has 132 valence electrons.